The zero-order chi connectivity index (χ0) is 25.8. The molecule has 1 aliphatic rings. The third-order valence-corrected chi connectivity index (χ3v) is 8.54. The summed E-state index contributed by atoms with van der Waals surface area (Å²) in [7, 11) is -8.04. The van der Waals surface area contributed by atoms with E-state index in [0.29, 0.717) is 12.0 Å². The van der Waals surface area contributed by atoms with E-state index in [4.69, 9.17) is 0 Å². The predicted octanol–water partition coefficient (Wildman–Crippen LogP) is 0.940. The Balaban J connectivity index is 1.94. The number of phenols is 1. The molecule has 2 atom stereocenters. The molecule has 13 heteroatoms. The third kappa shape index (κ3) is 6.10. The number of benzene rings is 2. The maximum Gasteiger partial charge on any atom is 0.326 e. The molecule has 1 unspecified atom stereocenters. The number of rotatable bonds is 10. The Labute approximate surface area is 204 Å². The van der Waals surface area contributed by atoms with Crippen LogP contribution in [0.3, 0.4) is 0 Å². The lowest BCUT2D eigenvalue weighted by Crippen LogP contribution is -2.46. The summed E-state index contributed by atoms with van der Waals surface area (Å²) in [6.07, 6.45) is 0.659. The van der Waals surface area contributed by atoms with Crippen molar-refractivity contribution in [1.29, 1.82) is 0 Å². The number of anilines is 1. The van der Waals surface area contributed by atoms with Crippen molar-refractivity contribution < 1.29 is 31.5 Å². The van der Waals surface area contributed by atoms with Gasteiger partial charge in [0.1, 0.15) is 12.3 Å². The fourth-order valence-corrected chi connectivity index (χ4v) is 6.34. The molecule has 1 fully saturated rings. The van der Waals surface area contributed by atoms with E-state index in [-0.39, 0.29) is 35.2 Å². The van der Waals surface area contributed by atoms with Crippen LogP contribution >= 0.6 is 0 Å². The largest absolute Gasteiger partial charge is 0.506 e. The molecule has 0 spiro atoms. The SMILES string of the molecule is CCC(=O)NC[C@@H](NS(=O)(=O)c1ccccc1)C(CC)c1ccc(N2CC(=O)NS2(=O)=O)c(O)c1. The van der Waals surface area contributed by atoms with E-state index in [1.54, 1.807) is 31.2 Å². The van der Waals surface area contributed by atoms with Crippen molar-refractivity contribution in [2.75, 3.05) is 17.4 Å². The van der Waals surface area contributed by atoms with Gasteiger partial charge < -0.3 is 10.4 Å². The van der Waals surface area contributed by atoms with Gasteiger partial charge in [-0.25, -0.2) is 22.2 Å². The molecule has 2 aromatic carbocycles. The van der Waals surface area contributed by atoms with Crippen molar-refractivity contribution in [3.63, 3.8) is 0 Å². The van der Waals surface area contributed by atoms with Gasteiger partial charge in [-0.3, -0.25) is 9.59 Å². The van der Waals surface area contributed by atoms with Crippen LogP contribution in [0.5, 0.6) is 5.75 Å². The molecule has 11 nitrogen and oxygen atoms in total. The number of phenolic OH excluding ortho intramolecular Hbond substituents is 1. The van der Waals surface area contributed by atoms with Crippen molar-refractivity contribution >= 4 is 37.7 Å². The standard InChI is InChI=1S/C22H28N4O7S2/c1-3-17(15-10-11-19(20(27)12-15)26-14-22(29)25-35(26,32)33)18(13-23-21(28)4-2)24-34(30,31)16-8-6-5-7-9-16/h5-12,17-18,24,27H,3-4,13-14H2,1-2H3,(H,23,28)(H,25,29)/t17?,18-/m1/s1. The normalized spacial score (nSPS) is 17.0. The Morgan fingerprint density at radius 3 is 2.40 bits per heavy atom. The van der Waals surface area contributed by atoms with E-state index < -0.39 is 44.6 Å². The zero-order valence-corrected chi connectivity index (χ0v) is 20.9. The predicted molar refractivity (Wildman–Crippen MR) is 129 cm³/mol. The summed E-state index contributed by atoms with van der Waals surface area (Å²) >= 11 is 0. The van der Waals surface area contributed by atoms with Gasteiger partial charge in [0.05, 0.1) is 10.6 Å². The number of sulfonamides is 1. The van der Waals surface area contributed by atoms with Gasteiger partial charge >= 0.3 is 10.2 Å². The first-order valence-corrected chi connectivity index (χ1v) is 13.9. The number of carbonyl (C=O) groups is 2. The Bertz CT molecular complexity index is 1300. The second kappa shape index (κ2) is 10.6. The molecule has 3 rings (SSSR count). The van der Waals surface area contributed by atoms with Crippen molar-refractivity contribution in [2.45, 2.75) is 43.5 Å². The summed E-state index contributed by atoms with van der Waals surface area (Å²) in [6.45, 7) is 3.04. The Hall–Kier alpha value is -3.16. The molecule has 0 radical (unpaired) electrons. The van der Waals surface area contributed by atoms with Crippen molar-refractivity contribution in [3.05, 3.63) is 54.1 Å². The Kier molecular flexibility index (Phi) is 8.03. The highest BCUT2D eigenvalue weighted by Crippen LogP contribution is 2.35. The van der Waals surface area contributed by atoms with Gasteiger partial charge in [0.25, 0.3) is 5.91 Å². The first-order valence-electron chi connectivity index (χ1n) is 11.0. The number of hydrogen-bond acceptors (Lipinski definition) is 7. The molecule has 0 bridgehead atoms. The van der Waals surface area contributed by atoms with Crippen LogP contribution < -0.4 is 19.1 Å². The highest BCUT2D eigenvalue weighted by molar-refractivity contribution is 7.92. The molecule has 0 saturated carbocycles. The molecule has 2 aromatic rings. The van der Waals surface area contributed by atoms with E-state index in [2.05, 4.69) is 10.0 Å². The van der Waals surface area contributed by atoms with Crippen molar-refractivity contribution in [3.8, 4) is 5.75 Å². The number of nitrogens with zero attached hydrogens (tertiary/aromatic N) is 1. The summed E-state index contributed by atoms with van der Waals surface area (Å²) in [5, 5.41) is 13.3. The maximum atomic E-state index is 13.0. The molecule has 1 aliphatic heterocycles. The molecule has 1 heterocycles. The summed E-state index contributed by atoms with van der Waals surface area (Å²) in [5.74, 6) is -1.84. The molecule has 0 aromatic heterocycles. The molecule has 2 amide bonds. The number of carbonyl (C=O) groups excluding carboxylic acids is 2. The van der Waals surface area contributed by atoms with E-state index >= 15 is 0 Å². The van der Waals surface area contributed by atoms with Crippen LogP contribution in [0.4, 0.5) is 5.69 Å². The van der Waals surface area contributed by atoms with Crippen LogP contribution in [0.1, 0.15) is 38.2 Å². The zero-order valence-electron chi connectivity index (χ0n) is 19.3. The van der Waals surface area contributed by atoms with E-state index in [9.17, 15) is 31.5 Å². The summed E-state index contributed by atoms with van der Waals surface area (Å²) in [6, 6.07) is 11.3. The van der Waals surface area contributed by atoms with Crippen LogP contribution in [0.15, 0.2) is 53.4 Å². The Morgan fingerprint density at radius 2 is 1.86 bits per heavy atom. The summed E-state index contributed by atoms with van der Waals surface area (Å²) in [5.41, 5.74) is 0.443. The van der Waals surface area contributed by atoms with Gasteiger partial charge in [-0.15, -0.1) is 0 Å². The first kappa shape index (κ1) is 26.4. The number of hydrogen-bond donors (Lipinski definition) is 4. The van der Waals surface area contributed by atoms with Crippen LogP contribution in [0.2, 0.25) is 0 Å². The lowest BCUT2D eigenvalue weighted by atomic mass is 9.89. The molecule has 4 N–H and O–H groups in total. The van der Waals surface area contributed by atoms with Crippen LogP contribution in [-0.2, 0) is 29.8 Å². The van der Waals surface area contributed by atoms with Gasteiger partial charge in [-0.1, -0.05) is 38.1 Å². The number of nitrogens with one attached hydrogen (secondary N) is 3. The molecule has 1 saturated heterocycles. The van der Waals surface area contributed by atoms with Crippen LogP contribution in [0.25, 0.3) is 0 Å². The second-order valence-corrected chi connectivity index (χ2v) is 11.3. The maximum absolute atomic E-state index is 13.0. The average molecular weight is 525 g/mol. The minimum Gasteiger partial charge on any atom is -0.506 e. The molecular formula is C22H28N4O7S2. The lowest BCUT2D eigenvalue weighted by Gasteiger charge is -2.28. The highest BCUT2D eigenvalue weighted by atomic mass is 32.2. The smallest absolute Gasteiger partial charge is 0.326 e. The van der Waals surface area contributed by atoms with Crippen LogP contribution in [-0.4, -0.2) is 52.9 Å². The number of amides is 2. The second-order valence-electron chi connectivity index (χ2n) is 8.00. The van der Waals surface area contributed by atoms with Gasteiger partial charge in [-0.2, -0.15) is 8.42 Å². The van der Waals surface area contributed by atoms with E-state index in [0.717, 1.165) is 4.31 Å². The fraction of sp³-hybridized carbons (Fsp3) is 0.364. The first-order chi connectivity index (χ1) is 16.5. The fourth-order valence-electron chi connectivity index (χ4n) is 3.88. The van der Waals surface area contributed by atoms with Crippen molar-refractivity contribution in [1.82, 2.24) is 14.8 Å². The third-order valence-electron chi connectivity index (χ3n) is 5.64. The van der Waals surface area contributed by atoms with E-state index in [1.165, 1.54) is 24.3 Å². The monoisotopic (exact) mass is 524 g/mol. The highest BCUT2D eigenvalue weighted by Gasteiger charge is 2.36. The van der Waals surface area contributed by atoms with Gasteiger partial charge in [0.15, 0.2) is 0 Å². The van der Waals surface area contributed by atoms with Gasteiger partial charge in [-0.05, 0) is 36.2 Å². The topological polar surface area (TPSA) is 162 Å². The van der Waals surface area contributed by atoms with Crippen LogP contribution in [0, 0.1) is 0 Å². The number of aromatic hydroxyl groups is 1. The minimum atomic E-state index is -4.11. The molecule has 0 aliphatic carbocycles. The quantitative estimate of drug-likeness (QED) is 0.359. The molecule has 190 valence electrons. The van der Waals surface area contributed by atoms with E-state index in [1.807, 2.05) is 11.6 Å². The molecule has 35 heavy (non-hydrogen) atoms. The minimum absolute atomic E-state index is 0.00131. The Morgan fingerprint density at radius 1 is 1.17 bits per heavy atom. The summed E-state index contributed by atoms with van der Waals surface area (Å²) in [4.78, 5) is 23.5. The van der Waals surface area contributed by atoms with Crippen molar-refractivity contribution in [2.24, 2.45) is 0 Å². The molecular weight excluding hydrogens is 496 g/mol. The lowest BCUT2D eigenvalue weighted by molar-refractivity contribution is -0.121. The summed E-state index contributed by atoms with van der Waals surface area (Å²) < 4.78 is 55.6. The van der Waals surface area contributed by atoms with Gasteiger partial charge in [0.2, 0.25) is 15.9 Å². The van der Waals surface area contributed by atoms with Gasteiger partial charge in [0, 0.05) is 24.9 Å². The average Bonchev–Trinajstić information content (AvgIpc) is 3.09.